The van der Waals surface area contributed by atoms with E-state index in [1.54, 1.807) is 13.8 Å². The number of aromatic amines is 1. The Bertz CT molecular complexity index is 402. The molecule has 0 spiro atoms. The predicted molar refractivity (Wildman–Crippen MR) is 46.1 cm³/mol. The number of nitrogen functional groups attached to an aromatic ring is 1. The van der Waals surface area contributed by atoms with Crippen LogP contribution in [0.1, 0.15) is 12.5 Å². The standard InChI is InChI=1S/C7H11N3O2/c1-3-10-6(11)4(2)5(8)9-7(10)12/h3,8H2,1-2H3,(H,9,12). The number of nitrogens with one attached hydrogen (secondary N) is 1. The zero-order valence-electron chi connectivity index (χ0n) is 7.05. The Labute approximate surface area is 68.8 Å². The molecule has 0 saturated heterocycles. The van der Waals surface area contributed by atoms with Crippen LogP contribution < -0.4 is 17.0 Å². The lowest BCUT2D eigenvalue weighted by atomic mass is 10.3. The third kappa shape index (κ3) is 1.13. The molecule has 66 valence electrons. The molecule has 0 atom stereocenters. The van der Waals surface area contributed by atoms with Crippen LogP contribution in [0.2, 0.25) is 0 Å². The second kappa shape index (κ2) is 2.84. The molecule has 0 aliphatic rings. The Morgan fingerprint density at radius 1 is 1.50 bits per heavy atom. The second-order valence-electron chi connectivity index (χ2n) is 2.52. The van der Waals surface area contributed by atoms with E-state index in [4.69, 9.17) is 5.73 Å². The Hall–Kier alpha value is -1.52. The molecule has 0 unspecified atom stereocenters. The summed E-state index contributed by atoms with van der Waals surface area (Å²) in [6.45, 7) is 3.67. The average molecular weight is 169 g/mol. The van der Waals surface area contributed by atoms with E-state index in [-0.39, 0.29) is 11.4 Å². The minimum Gasteiger partial charge on any atom is -0.385 e. The van der Waals surface area contributed by atoms with Gasteiger partial charge in [-0.2, -0.15) is 0 Å². The van der Waals surface area contributed by atoms with E-state index in [1.807, 2.05) is 0 Å². The summed E-state index contributed by atoms with van der Waals surface area (Å²) >= 11 is 0. The molecular weight excluding hydrogens is 158 g/mol. The molecule has 5 nitrogen and oxygen atoms in total. The summed E-state index contributed by atoms with van der Waals surface area (Å²) in [7, 11) is 0. The fraction of sp³-hybridized carbons (Fsp3) is 0.429. The van der Waals surface area contributed by atoms with Gasteiger partial charge in [-0.05, 0) is 13.8 Å². The number of anilines is 1. The molecule has 0 aliphatic carbocycles. The Morgan fingerprint density at radius 2 is 2.08 bits per heavy atom. The van der Waals surface area contributed by atoms with Crippen LogP contribution in [0.4, 0.5) is 5.82 Å². The molecule has 0 aliphatic heterocycles. The molecule has 12 heavy (non-hydrogen) atoms. The maximum atomic E-state index is 11.3. The number of nitrogens with zero attached hydrogens (tertiary/aromatic N) is 1. The van der Waals surface area contributed by atoms with Crippen LogP contribution in [0, 0.1) is 6.92 Å². The van der Waals surface area contributed by atoms with E-state index in [9.17, 15) is 9.59 Å². The average Bonchev–Trinajstić information content (AvgIpc) is 2.01. The predicted octanol–water partition coefficient (Wildman–Crippen LogP) is -0.553. The lowest BCUT2D eigenvalue weighted by Crippen LogP contribution is -2.36. The van der Waals surface area contributed by atoms with Crippen LogP contribution in [-0.2, 0) is 6.54 Å². The van der Waals surface area contributed by atoms with Gasteiger partial charge >= 0.3 is 5.69 Å². The van der Waals surface area contributed by atoms with Crippen LogP contribution in [-0.4, -0.2) is 9.55 Å². The zero-order chi connectivity index (χ0) is 9.30. The maximum Gasteiger partial charge on any atom is 0.329 e. The minimum absolute atomic E-state index is 0.148. The van der Waals surface area contributed by atoms with Crippen molar-refractivity contribution in [2.45, 2.75) is 20.4 Å². The normalized spacial score (nSPS) is 10.2. The van der Waals surface area contributed by atoms with Crippen molar-refractivity contribution in [1.29, 1.82) is 0 Å². The van der Waals surface area contributed by atoms with Gasteiger partial charge < -0.3 is 5.73 Å². The second-order valence-corrected chi connectivity index (χ2v) is 2.52. The van der Waals surface area contributed by atoms with Gasteiger partial charge in [0.2, 0.25) is 0 Å². The molecule has 1 heterocycles. The fourth-order valence-electron chi connectivity index (χ4n) is 0.974. The number of H-pyrrole nitrogens is 1. The summed E-state index contributed by atoms with van der Waals surface area (Å²) in [5.41, 5.74) is 4.99. The summed E-state index contributed by atoms with van der Waals surface area (Å²) in [4.78, 5) is 24.8. The molecule has 0 amide bonds. The fourth-order valence-corrected chi connectivity index (χ4v) is 0.974. The van der Waals surface area contributed by atoms with Crippen molar-refractivity contribution >= 4 is 5.82 Å². The SMILES string of the molecule is CCn1c(=O)[nH]c(N)c(C)c1=O. The molecular formula is C7H11N3O2. The molecule has 0 radical (unpaired) electrons. The summed E-state index contributed by atoms with van der Waals surface area (Å²) in [5, 5.41) is 0. The van der Waals surface area contributed by atoms with Gasteiger partial charge in [0.1, 0.15) is 5.82 Å². The first-order valence-electron chi connectivity index (χ1n) is 3.67. The highest BCUT2D eigenvalue weighted by atomic mass is 16.2. The van der Waals surface area contributed by atoms with Crippen molar-refractivity contribution < 1.29 is 0 Å². The van der Waals surface area contributed by atoms with Crippen LogP contribution in [0.25, 0.3) is 0 Å². The third-order valence-corrected chi connectivity index (χ3v) is 1.77. The Morgan fingerprint density at radius 3 is 2.58 bits per heavy atom. The highest BCUT2D eigenvalue weighted by Gasteiger charge is 2.05. The van der Waals surface area contributed by atoms with E-state index in [2.05, 4.69) is 4.98 Å². The summed E-state index contributed by atoms with van der Waals surface area (Å²) in [5.74, 6) is 0.148. The van der Waals surface area contributed by atoms with Crippen LogP contribution in [0.5, 0.6) is 0 Å². The summed E-state index contributed by atoms with van der Waals surface area (Å²) < 4.78 is 1.10. The largest absolute Gasteiger partial charge is 0.385 e. The zero-order valence-corrected chi connectivity index (χ0v) is 7.05. The number of aromatic nitrogens is 2. The minimum atomic E-state index is -0.453. The molecule has 1 aromatic rings. The summed E-state index contributed by atoms with van der Waals surface area (Å²) in [6, 6.07) is 0. The molecule has 3 N–H and O–H groups in total. The highest BCUT2D eigenvalue weighted by molar-refractivity contribution is 5.35. The van der Waals surface area contributed by atoms with Crippen LogP contribution >= 0.6 is 0 Å². The van der Waals surface area contributed by atoms with Gasteiger partial charge in [0.05, 0.1) is 5.56 Å². The first-order chi connectivity index (χ1) is 5.57. The van der Waals surface area contributed by atoms with E-state index in [0.29, 0.717) is 12.1 Å². The quantitative estimate of drug-likeness (QED) is 0.591. The van der Waals surface area contributed by atoms with Crippen molar-refractivity contribution in [1.82, 2.24) is 9.55 Å². The van der Waals surface area contributed by atoms with Crippen molar-refractivity contribution in [2.75, 3.05) is 5.73 Å². The molecule has 0 saturated carbocycles. The van der Waals surface area contributed by atoms with E-state index in [0.717, 1.165) is 4.57 Å². The van der Waals surface area contributed by atoms with Crippen molar-refractivity contribution in [3.05, 3.63) is 26.4 Å². The number of hydrogen-bond donors (Lipinski definition) is 2. The highest BCUT2D eigenvalue weighted by Crippen LogP contribution is 1.94. The lowest BCUT2D eigenvalue weighted by molar-refractivity contribution is 0.669. The molecule has 1 aromatic heterocycles. The lowest BCUT2D eigenvalue weighted by Gasteiger charge is -2.03. The van der Waals surface area contributed by atoms with Gasteiger partial charge in [0.25, 0.3) is 5.56 Å². The van der Waals surface area contributed by atoms with Crippen molar-refractivity contribution in [3.8, 4) is 0 Å². The van der Waals surface area contributed by atoms with E-state index < -0.39 is 5.69 Å². The molecule has 0 aromatic carbocycles. The topological polar surface area (TPSA) is 80.9 Å². The molecule has 0 bridgehead atoms. The third-order valence-electron chi connectivity index (χ3n) is 1.77. The van der Waals surface area contributed by atoms with Gasteiger partial charge in [-0.25, -0.2) is 4.79 Å². The maximum absolute atomic E-state index is 11.3. The van der Waals surface area contributed by atoms with Gasteiger partial charge in [-0.3, -0.25) is 14.3 Å². The van der Waals surface area contributed by atoms with E-state index >= 15 is 0 Å². The van der Waals surface area contributed by atoms with Crippen molar-refractivity contribution in [2.24, 2.45) is 0 Å². The summed E-state index contributed by atoms with van der Waals surface area (Å²) in [6.07, 6.45) is 0. The van der Waals surface area contributed by atoms with Crippen molar-refractivity contribution in [3.63, 3.8) is 0 Å². The number of nitrogens with two attached hydrogens (primary N) is 1. The number of hydrogen-bond acceptors (Lipinski definition) is 3. The molecule has 1 rings (SSSR count). The smallest absolute Gasteiger partial charge is 0.329 e. The van der Waals surface area contributed by atoms with Gasteiger partial charge in [-0.1, -0.05) is 0 Å². The van der Waals surface area contributed by atoms with Gasteiger partial charge in [-0.15, -0.1) is 0 Å². The Balaban J connectivity index is 3.64. The first-order valence-corrected chi connectivity index (χ1v) is 3.67. The van der Waals surface area contributed by atoms with Crippen LogP contribution in [0.15, 0.2) is 9.59 Å². The molecule has 5 heteroatoms. The first kappa shape index (κ1) is 8.58. The number of rotatable bonds is 1. The molecule has 0 fully saturated rings. The van der Waals surface area contributed by atoms with Gasteiger partial charge in [0, 0.05) is 6.54 Å². The monoisotopic (exact) mass is 169 g/mol. The van der Waals surface area contributed by atoms with Gasteiger partial charge in [0.15, 0.2) is 0 Å². The Kier molecular flexibility index (Phi) is 2.03. The van der Waals surface area contributed by atoms with E-state index in [1.165, 1.54) is 0 Å². The van der Waals surface area contributed by atoms with Crippen LogP contribution in [0.3, 0.4) is 0 Å².